The predicted octanol–water partition coefficient (Wildman–Crippen LogP) is 1.33. The number of sulfonamides is 1. The molecule has 1 aliphatic carbocycles. The van der Waals surface area contributed by atoms with Gasteiger partial charge in [0.2, 0.25) is 10.0 Å². The highest BCUT2D eigenvalue weighted by molar-refractivity contribution is 7.89. The Balaban J connectivity index is 2.33. The molecular formula is C12H26N2O2S. The summed E-state index contributed by atoms with van der Waals surface area (Å²) in [5.74, 6) is 1.61. The van der Waals surface area contributed by atoms with Crippen molar-refractivity contribution >= 4 is 10.0 Å². The van der Waals surface area contributed by atoms with E-state index in [-0.39, 0.29) is 5.75 Å². The minimum absolute atomic E-state index is 0.241. The average molecular weight is 262 g/mol. The molecule has 102 valence electrons. The van der Waals surface area contributed by atoms with Gasteiger partial charge in [-0.05, 0) is 43.6 Å². The van der Waals surface area contributed by atoms with Crippen LogP contribution in [0.2, 0.25) is 0 Å². The Morgan fingerprint density at radius 3 is 2.53 bits per heavy atom. The van der Waals surface area contributed by atoms with Crippen LogP contribution >= 0.6 is 0 Å². The maximum Gasteiger partial charge on any atom is 0.211 e. The molecular weight excluding hydrogens is 236 g/mol. The van der Waals surface area contributed by atoms with Gasteiger partial charge in [0.15, 0.2) is 0 Å². The molecule has 1 saturated carbocycles. The SMILES string of the molecule is CC(C)CCS(=O)(=O)NCC1CCCC1CN. The van der Waals surface area contributed by atoms with E-state index in [1.807, 2.05) is 13.8 Å². The molecule has 0 aromatic heterocycles. The third kappa shape index (κ3) is 5.36. The molecule has 0 aromatic rings. The fourth-order valence-electron chi connectivity index (χ4n) is 2.39. The summed E-state index contributed by atoms with van der Waals surface area (Å²) in [6.45, 7) is 5.33. The van der Waals surface area contributed by atoms with E-state index in [1.165, 1.54) is 6.42 Å². The summed E-state index contributed by atoms with van der Waals surface area (Å²) in [5, 5.41) is 0. The van der Waals surface area contributed by atoms with E-state index in [2.05, 4.69) is 4.72 Å². The first-order chi connectivity index (χ1) is 7.94. The average Bonchev–Trinajstić information content (AvgIpc) is 2.71. The lowest BCUT2D eigenvalue weighted by Gasteiger charge is -2.18. The number of nitrogens with two attached hydrogens (primary N) is 1. The molecule has 4 nitrogen and oxygen atoms in total. The molecule has 5 heteroatoms. The molecule has 0 bridgehead atoms. The third-order valence-electron chi connectivity index (χ3n) is 3.65. The van der Waals surface area contributed by atoms with Gasteiger partial charge in [0.1, 0.15) is 0 Å². The van der Waals surface area contributed by atoms with E-state index < -0.39 is 10.0 Å². The van der Waals surface area contributed by atoms with Gasteiger partial charge in [-0.15, -0.1) is 0 Å². The number of rotatable bonds is 7. The number of hydrogen-bond acceptors (Lipinski definition) is 3. The lowest BCUT2D eigenvalue weighted by Crippen LogP contribution is -2.34. The molecule has 0 radical (unpaired) electrons. The van der Waals surface area contributed by atoms with Crippen molar-refractivity contribution in [1.29, 1.82) is 0 Å². The molecule has 17 heavy (non-hydrogen) atoms. The largest absolute Gasteiger partial charge is 0.330 e. The van der Waals surface area contributed by atoms with Gasteiger partial charge >= 0.3 is 0 Å². The van der Waals surface area contributed by atoms with Crippen molar-refractivity contribution in [3.8, 4) is 0 Å². The molecule has 1 aliphatic rings. The highest BCUT2D eigenvalue weighted by Crippen LogP contribution is 2.30. The van der Waals surface area contributed by atoms with E-state index in [0.29, 0.717) is 30.8 Å². The van der Waals surface area contributed by atoms with Crippen LogP contribution < -0.4 is 10.5 Å². The summed E-state index contributed by atoms with van der Waals surface area (Å²) in [5.41, 5.74) is 5.68. The van der Waals surface area contributed by atoms with Crippen LogP contribution in [0.4, 0.5) is 0 Å². The fraction of sp³-hybridized carbons (Fsp3) is 1.00. The Kier molecular flexibility index (Phi) is 5.89. The predicted molar refractivity (Wildman–Crippen MR) is 71.1 cm³/mol. The zero-order valence-corrected chi connectivity index (χ0v) is 11.8. The van der Waals surface area contributed by atoms with E-state index >= 15 is 0 Å². The summed E-state index contributed by atoms with van der Waals surface area (Å²) in [6.07, 6.45) is 4.16. The lowest BCUT2D eigenvalue weighted by atomic mass is 9.97. The van der Waals surface area contributed by atoms with Gasteiger partial charge in [-0.3, -0.25) is 0 Å². The first-order valence-corrected chi connectivity index (χ1v) is 8.27. The normalized spacial score (nSPS) is 25.6. The molecule has 3 N–H and O–H groups in total. The van der Waals surface area contributed by atoms with Crippen molar-refractivity contribution in [2.45, 2.75) is 39.5 Å². The van der Waals surface area contributed by atoms with Gasteiger partial charge in [0, 0.05) is 6.54 Å². The topological polar surface area (TPSA) is 72.2 Å². The molecule has 2 atom stereocenters. The highest BCUT2D eigenvalue weighted by Gasteiger charge is 2.27. The van der Waals surface area contributed by atoms with Crippen molar-refractivity contribution in [3.63, 3.8) is 0 Å². The van der Waals surface area contributed by atoms with Crippen molar-refractivity contribution in [3.05, 3.63) is 0 Å². The monoisotopic (exact) mass is 262 g/mol. The first kappa shape index (κ1) is 14.9. The van der Waals surface area contributed by atoms with Gasteiger partial charge in [-0.1, -0.05) is 20.3 Å². The Morgan fingerprint density at radius 2 is 1.94 bits per heavy atom. The Morgan fingerprint density at radius 1 is 1.29 bits per heavy atom. The van der Waals surface area contributed by atoms with Crippen LogP contribution in [0.3, 0.4) is 0 Å². The van der Waals surface area contributed by atoms with Gasteiger partial charge < -0.3 is 5.73 Å². The first-order valence-electron chi connectivity index (χ1n) is 6.62. The Hall–Kier alpha value is -0.130. The molecule has 0 saturated heterocycles. The standard InChI is InChI=1S/C12H26N2O2S/c1-10(2)6-7-17(15,16)14-9-12-5-3-4-11(12)8-13/h10-12,14H,3-9,13H2,1-2H3. The van der Waals surface area contributed by atoms with Crippen LogP contribution in [0, 0.1) is 17.8 Å². The summed E-state index contributed by atoms with van der Waals surface area (Å²) in [4.78, 5) is 0. The lowest BCUT2D eigenvalue weighted by molar-refractivity contribution is 0.393. The quantitative estimate of drug-likeness (QED) is 0.727. The van der Waals surface area contributed by atoms with Crippen molar-refractivity contribution in [2.24, 2.45) is 23.5 Å². The van der Waals surface area contributed by atoms with Gasteiger partial charge in [0.05, 0.1) is 5.75 Å². The minimum Gasteiger partial charge on any atom is -0.330 e. The van der Waals surface area contributed by atoms with E-state index in [9.17, 15) is 8.42 Å². The smallest absolute Gasteiger partial charge is 0.211 e. The molecule has 1 rings (SSSR count). The Bertz CT molecular complexity index is 314. The van der Waals surface area contributed by atoms with Gasteiger partial charge in [-0.2, -0.15) is 0 Å². The fourth-order valence-corrected chi connectivity index (χ4v) is 3.78. The molecule has 0 amide bonds. The van der Waals surface area contributed by atoms with E-state index in [0.717, 1.165) is 19.3 Å². The van der Waals surface area contributed by atoms with Gasteiger partial charge in [0.25, 0.3) is 0 Å². The third-order valence-corrected chi connectivity index (χ3v) is 5.03. The maximum atomic E-state index is 11.7. The molecule has 0 heterocycles. The zero-order valence-electron chi connectivity index (χ0n) is 11.0. The molecule has 1 fully saturated rings. The molecule has 2 unspecified atom stereocenters. The van der Waals surface area contributed by atoms with Crippen LogP contribution in [-0.4, -0.2) is 27.3 Å². The maximum absolute atomic E-state index is 11.7. The van der Waals surface area contributed by atoms with Crippen LogP contribution in [0.15, 0.2) is 0 Å². The zero-order chi connectivity index (χ0) is 12.9. The summed E-state index contributed by atoms with van der Waals surface area (Å²) < 4.78 is 26.2. The number of hydrogen-bond donors (Lipinski definition) is 2. The summed E-state index contributed by atoms with van der Waals surface area (Å²) >= 11 is 0. The van der Waals surface area contributed by atoms with Crippen molar-refractivity contribution < 1.29 is 8.42 Å². The highest BCUT2D eigenvalue weighted by atomic mass is 32.2. The second kappa shape index (κ2) is 6.71. The van der Waals surface area contributed by atoms with Crippen LogP contribution in [-0.2, 0) is 10.0 Å². The second-order valence-corrected chi connectivity index (χ2v) is 7.46. The van der Waals surface area contributed by atoms with Crippen molar-refractivity contribution in [2.75, 3.05) is 18.8 Å². The number of nitrogens with one attached hydrogen (secondary N) is 1. The summed E-state index contributed by atoms with van der Waals surface area (Å²) in [7, 11) is -3.09. The molecule has 0 aromatic carbocycles. The van der Waals surface area contributed by atoms with Crippen LogP contribution in [0.5, 0.6) is 0 Å². The summed E-state index contributed by atoms with van der Waals surface area (Å²) in [6, 6.07) is 0. The van der Waals surface area contributed by atoms with Gasteiger partial charge in [-0.25, -0.2) is 13.1 Å². The van der Waals surface area contributed by atoms with E-state index in [1.54, 1.807) is 0 Å². The van der Waals surface area contributed by atoms with Crippen molar-refractivity contribution in [1.82, 2.24) is 4.72 Å². The Labute approximate surface area is 105 Å². The van der Waals surface area contributed by atoms with Crippen LogP contribution in [0.1, 0.15) is 39.5 Å². The second-order valence-electron chi connectivity index (χ2n) is 5.54. The molecule has 0 spiro atoms. The minimum atomic E-state index is -3.09. The van der Waals surface area contributed by atoms with Crippen LogP contribution in [0.25, 0.3) is 0 Å². The van der Waals surface area contributed by atoms with E-state index in [4.69, 9.17) is 5.73 Å². The molecule has 0 aliphatic heterocycles.